The number of carbonyl (C=O) groups is 2. The molecule has 1 unspecified atom stereocenters. The maximum atomic E-state index is 13.1. The minimum atomic E-state index is -0.573. The summed E-state index contributed by atoms with van der Waals surface area (Å²) < 4.78 is 0. The Bertz CT molecular complexity index is 1390. The van der Waals surface area contributed by atoms with Crippen molar-refractivity contribution in [3.63, 3.8) is 0 Å². The zero-order valence-corrected chi connectivity index (χ0v) is 20.4. The summed E-state index contributed by atoms with van der Waals surface area (Å²) in [4.78, 5) is 25.4. The molecule has 0 fully saturated rings. The number of rotatable bonds is 8. The van der Waals surface area contributed by atoms with Crippen LogP contribution in [0.3, 0.4) is 0 Å². The molecule has 5 N–H and O–H groups in total. The smallest absolute Gasteiger partial charge is 0.248 e. The molecular formula is C30H30N4O2. The number of nitrogen functional groups attached to an aromatic ring is 1. The number of anilines is 3. The predicted molar refractivity (Wildman–Crippen MR) is 149 cm³/mol. The van der Waals surface area contributed by atoms with Crippen molar-refractivity contribution in [2.75, 3.05) is 16.4 Å². The van der Waals surface area contributed by atoms with E-state index in [0.717, 1.165) is 27.6 Å². The Labute approximate surface area is 211 Å². The number of benzene rings is 4. The number of carbonyl (C=O) groups excluding carboxylic acids is 2. The summed E-state index contributed by atoms with van der Waals surface area (Å²) >= 11 is 0. The highest BCUT2D eigenvalue weighted by Gasteiger charge is 2.21. The van der Waals surface area contributed by atoms with Gasteiger partial charge in [0, 0.05) is 17.8 Å². The third-order valence-corrected chi connectivity index (χ3v) is 5.67. The van der Waals surface area contributed by atoms with Crippen LogP contribution in [-0.4, -0.2) is 17.9 Å². The Morgan fingerprint density at radius 3 is 2.25 bits per heavy atom. The largest absolute Gasteiger partial charge is 0.397 e. The van der Waals surface area contributed by atoms with E-state index in [1.165, 1.54) is 6.08 Å². The topological polar surface area (TPSA) is 96.2 Å². The number of nitrogens with two attached hydrogens (primary N) is 1. The minimum absolute atomic E-state index is 0.0118. The second-order valence-electron chi connectivity index (χ2n) is 8.88. The molecule has 0 bridgehead atoms. The number of nitrogens with one attached hydrogen (secondary N) is 3. The van der Waals surface area contributed by atoms with Crippen molar-refractivity contribution in [3.8, 4) is 0 Å². The van der Waals surface area contributed by atoms with E-state index in [9.17, 15) is 9.59 Å². The van der Waals surface area contributed by atoms with E-state index in [1.54, 1.807) is 18.2 Å². The molecule has 0 aliphatic rings. The molecule has 4 aromatic rings. The van der Waals surface area contributed by atoms with Crippen molar-refractivity contribution in [1.82, 2.24) is 5.32 Å². The van der Waals surface area contributed by atoms with Gasteiger partial charge >= 0.3 is 0 Å². The summed E-state index contributed by atoms with van der Waals surface area (Å²) in [6.45, 7) is 3.87. The van der Waals surface area contributed by atoms with Crippen LogP contribution in [0, 0.1) is 0 Å². The van der Waals surface area contributed by atoms with Crippen molar-refractivity contribution < 1.29 is 9.59 Å². The third-order valence-electron chi connectivity index (χ3n) is 5.67. The number of fused-ring (bicyclic) bond motifs is 1. The molecule has 36 heavy (non-hydrogen) atoms. The van der Waals surface area contributed by atoms with Crippen LogP contribution in [0.1, 0.15) is 31.0 Å². The zero-order valence-electron chi connectivity index (χ0n) is 20.4. The van der Waals surface area contributed by atoms with Gasteiger partial charge in [-0.25, -0.2) is 0 Å². The van der Waals surface area contributed by atoms with Crippen molar-refractivity contribution in [3.05, 3.63) is 108 Å². The maximum Gasteiger partial charge on any atom is 0.248 e. The maximum absolute atomic E-state index is 13.1. The Morgan fingerprint density at radius 1 is 0.833 bits per heavy atom. The van der Waals surface area contributed by atoms with Gasteiger partial charge in [-0.05, 0) is 66.1 Å². The lowest BCUT2D eigenvalue weighted by Crippen LogP contribution is -2.37. The monoisotopic (exact) mass is 478 g/mol. The molecule has 6 heteroatoms. The second kappa shape index (κ2) is 11.2. The molecule has 2 amide bonds. The number of para-hydroxylation sites is 2. The highest BCUT2D eigenvalue weighted by atomic mass is 16.2. The molecule has 4 rings (SSSR count). The van der Waals surface area contributed by atoms with Gasteiger partial charge in [0.05, 0.1) is 11.4 Å². The van der Waals surface area contributed by atoms with Crippen LogP contribution in [0.5, 0.6) is 0 Å². The fourth-order valence-corrected chi connectivity index (χ4v) is 3.87. The first-order valence-electron chi connectivity index (χ1n) is 11.9. The SMILES string of the molecule is CC(C)NC(=O)C(Nc1ccc2ccccc2c1)c1ccc(C=CC(=O)Nc2ccccc2N)cc1. The van der Waals surface area contributed by atoms with E-state index in [1.807, 2.05) is 86.6 Å². The fourth-order valence-electron chi connectivity index (χ4n) is 3.87. The number of hydrogen-bond acceptors (Lipinski definition) is 4. The van der Waals surface area contributed by atoms with E-state index in [0.29, 0.717) is 11.4 Å². The van der Waals surface area contributed by atoms with Gasteiger partial charge in [0.15, 0.2) is 0 Å². The Kier molecular flexibility index (Phi) is 7.66. The Morgan fingerprint density at radius 2 is 1.53 bits per heavy atom. The van der Waals surface area contributed by atoms with Gasteiger partial charge in [-0.1, -0.05) is 66.7 Å². The molecule has 0 aliphatic heterocycles. The number of amides is 2. The van der Waals surface area contributed by atoms with Gasteiger partial charge in [0.25, 0.3) is 0 Å². The van der Waals surface area contributed by atoms with Crippen LogP contribution < -0.4 is 21.7 Å². The minimum Gasteiger partial charge on any atom is -0.397 e. The number of hydrogen-bond donors (Lipinski definition) is 4. The van der Waals surface area contributed by atoms with Gasteiger partial charge in [0.2, 0.25) is 11.8 Å². The Hall–Kier alpha value is -4.58. The van der Waals surface area contributed by atoms with Crippen LogP contribution in [0.25, 0.3) is 16.8 Å². The van der Waals surface area contributed by atoms with Gasteiger partial charge in [0.1, 0.15) is 6.04 Å². The molecule has 6 nitrogen and oxygen atoms in total. The molecule has 0 saturated heterocycles. The van der Waals surface area contributed by atoms with Crippen molar-refractivity contribution in [2.24, 2.45) is 0 Å². The quantitative estimate of drug-likeness (QED) is 0.191. The highest BCUT2D eigenvalue weighted by Crippen LogP contribution is 2.25. The van der Waals surface area contributed by atoms with Gasteiger partial charge in [-0.2, -0.15) is 0 Å². The predicted octanol–water partition coefficient (Wildman–Crippen LogP) is 5.75. The molecule has 0 aliphatic carbocycles. The van der Waals surface area contributed by atoms with Crippen molar-refractivity contribution >= 4 is 45.7 Å². The molecule has 0 heterocycles. The molecular weight excluding hydrogens is 448 g/mol. The lowest BCUT2D eigenvalue weighted by Gasteiger charge is -2.22. The molecule has 182 valence electrons. The average Bonchev–Trinajstić information content (AvgIpc) is 2.87. The lowest BCUT2D eigenvalue weighted by molar-refractivity contribution is -0.122. The van der Waals surface area contributed by atoms with Gasteiger partial charge in [-0.3, -0.25) is 9.59 Å². The molecule has 4 aromatic carbocycles. The first-order chi connectivity index (χ1) is 17.4. The van der Waals surface area contributed by atoms with E-state index in [4.69, 9.17) is 5.73 Å². The van der Waals surface area contributed by atoms with E-state index >= 15 is 0 Å². The van der Waals surface area contributed by atoms with E-state index in [-0.39, 0.29) is 17.9 Å². The molecule has 0 aromatic heterocycles. The van der Waals surface area contributed by atoms with Crippen LogP contribution in [-0.2, 0) is 9.59 Å². The van der Waals surface area contributed by atoms with Gasteiger partial charge < -0.3 is 21.7 Å². The molecule has 0 spiro atoms. The van der Waals surface area contributed by atoms with Crippen LogP contribution in [0.2, 0.25) is 0 Å². The zero-order chi connectivity index (χ0) is 25.5. The summed E-state index contributed by atoms with van der Waals surface area (Å²) in [5.74, 6) is -0.384. The van der Waals surface area contributed by atoms with Crippen molar-refractivity contribution in [1.29, 1.82) is 0 Å². The summed E-state index contributed by atoms with van der Waals surface area (Å²) in [6, 6.07) is 28.3. The molecule has 1 atom stereocenters. The lowest BCUT2D eigenvalue weighted by atomic mass is 10.0. The second-order valence-corrected chi connectivity index (χ2v) is 8.88. The Balaban J connectivity index is 1.50. The average molecular weight is 479 g/mol. The van der Waals surface area contributed by atoms with E-state index in [2.05, 4.69) is 22.0 Å². The summed E-state index contributed by atoms with van der Waals surface area (Å²) in [5, 5.41) is 11.4. The van der Waals surface area contributed by atoms with Crippen molar-refractivity contribution in [2.45, 2.75) is 25.9 Å². The van der Waals surface area contributed by atoms with Gasteiger partial charge in [-0.15, -0.1) is 0 Å². The van der Waals surface area contributed by atoms with Crippen LogP contribution in [0.4, 0.5) is 17.1 Å². The summed E-state index contributed by atoms with van der Waals surface area (Å²) in [7, 11) is 0. The molecule has 0 radical (unpaired) electrons. The summed E-state index contributed by atoms with van der Waals surface area (Å²) in [6.07, 6.45) is 3.18. The standard InChI is InChI=1S/C30H30N4O2/c1-20(2)32-30(36)29(33-25-17-16-22-7-3-4-8-24(22)19-25)23-14-11-21(12-15-23)13-18-28(35)34-27-10-6-5-9-26(27)31/h3-20,29,33H,31H2,1-2H3,(H,32,36)(H,34,35). The first kappa shape index (κ1) is 24.5. The van der Waals surface area contributed by atoms with Crippen LogP contribution >= 0.6 is 0 Å². The van der Waals surface area contributed by atoms with E-state index < -0.39 is 6.04 Å². The highest BCUT2D eigenvalue weighted by molar-refractivity contribution is 6.03. The summed E-state index contributed by atoms with van der Waals surface area (Å²) in [5.41, 5.74) is 9.47. The van der Waals surface area contributed by atoms with Crippen LogP contribution in [0.15, 0.2) is 97.1 Å². The molecule has 0 saturated carbocycles. The first-order valence-corrected chi connectivity index (χ1v) is 11.9. The third kappa shape index (κ3) is 6.30. The normalized spacial score (nSPS) is 12.0. The fraction of sp³-hybridized carbons (Fsp3) is 0.133.